The van der Waals surface area contributed by atoms with Crippen LogP contribution in [0.25, 0.3) is 10.8 Å². The molecule has 2 aromatic carbocycles. The number of hydrogen-bond donors (Lipinski definition) is 1. The van der Waals surface area contributed by atoms with Crippen molar-refractivity contribution in [2.24, 2.45) is 0 Å². The van der Waals surface area contributed by atoms with Gasteiger partial charge in [-0.3, -0.25) is 4.79 Å². The number of fused-ring (bicyclic) bond motifs is 1. The molecule has 3 aromatic rings. The van der Waals surface area contributed by atoms with E-state index in [1.54, 1.807) is 12.3 Å². The molecular weight excluding hydrogens is 250 g/mol. The second kappa shape index (κ2) is 5.21. The Morgan fingerprint density at radius 1 is 1.05 bits per heavy atom. The number of ether oxygens (including phenoxy) is 1. The zero-order valence-corrected chi connectivity index (χ0v) is 11.2. The van der Waals surface area contributed by atoms with Crippen LogP contribution < -0.4 is 10.3 Å². The van der Waals surface area contributed by atoms with Gasteiger partial charge in [0.05, 0.1) is 0 Å². The van der Waals surface area contributed by atoms with E-state index in [4.69, 9.17) is 4.74 Å². The normalized spacial score (nSPS) is 10.7. The van der Waals surface area contributed by atoms with Crippen molar-refractivity contribution in [1.29, 1.82) is 0 Å². The highest BCUT2D eigenvalue weighted by atomic mass is 16.5. The van der Waals surface area contributed by atoms with E-state index in [2.05, 4.69) is 36.2 Å². The van der Waals surface area contributed by atoms with E-state index in [9.17, 15) is 4.79 Å². The lowest BCUT2D eigenvalue weighted by Crippen LogP contribution is -2.04. The molecule has 1 N–H and O–H groups in total. The molecular formula is C17H15NO2. The quantitative estimate of drug-likeness (QED) is 0.788. The predicted molar refractivity (Wildman–Crippen MR) is 80.1 cm³/mol. The Balaban J connectivity index is 1.81. The van der Waals surface area contributed by atoms with Crippen LogP contribution in [0.3, 0.4) is 0 Å². The van der Waals surface area contributed by atoms with Crippen molar-refractivity contribution in [2.75, 3.05) is 0 Å². The van der Waals surface area contributed by atoms with Gasteiger partial charge in [-0.2, -0.15) is 0 Å². The largest absolute Gasteiger partial charge is 0.489 e. The topological polar surface area (TPSA) is 42.1 Å². The molecule has 100 valence electrons. The highest BCUT2D eigenvalue weighted by Crippen LogP contribution is 2.19. The molecule has 0 saturated heterocycles. The molecule has 0 bridgehead atoms. The minimum atomic E-state index is -0.0763. The Morgan fingerprint density at radius 2 is 1.85 bits per heavy atom. The zero-order valence-electron chi connectivity index (χ0n) is 11.2. The number of aryl methyl sites for hydroxylation is 1. The first-order chi connectivity index (χ1) is 9.72. The summed E-state index contributed by atoms with van der Waals surface area (Å²) in [5.41, 5.74) is 2.29. The van der Waals surface area contributed by atoms with Gasteiger partial charge in [0.2, 0.25) is 0 Å². The third-order valence-electron chi connectivity index (χ3n) is 3.27. The number of benzene rings is 2. The molecule has 0 aliphatic carbocycles. The summed E-state index contributed by atoms with van der Waals surface area (Å²) in [6, 6.07) is 15.6. The predicted octanol–water partition coefficient (Wildman–Crippen LogP) is 3.42. The van der Waals surface area contributed by atoms with Crippen LogP contribution in [-0.4, -0.2) is 4.98 Å². The van der Waals surface area contributed by atoms with Crippen LogP contribution in [0.5, 0.6) is 5.75 Å². The third-order valence-corrected chi connectivity index (χ3v) is 3.27. The highest BCUT2D eigenvalue weighted by molar-refractivity contribution is 5.82. The molecule has 0 radical (unpaired) electrons. The molecule has 0 amide bonds. The first-order valence-corrected chi connectivity index (χ1v) is 6.52. The van der Waals surface area contributed by atoms with Gasteiger partial charge in [0, 0.05) is 11.6 Å². The fourth-order valence-corrected chi connectivity index (χ4v) is 2.11. The summed E-state index contributed by atoms with van der Waals surface area (Å²) in [5, 5.41) is 1.56. The summed E-state index contributed by atoms with van der Waals surface area (Å²) >= 11 is 0. The average Bonchev–Trinajstić information content (AvgIpc) is 2.47. The second-order valence-corrected chi connectivity index (χ2v) is 4.83. The molecule has 0 atom stereocenters. The first-order valence-electron chi connectivity index (χ1n) is 6.52. The molecule has 0 aliphatic rings. The molecule has 0 spiro atoms. The van der Waals surface area contributed by atoms with Crippen LogP contribution in [0.4, 0.5) is 0 Å². The Morgan fingerprint density at radius 3 is 2.65 bits per heavy atom. The number of rotatable bonds is 3. The molecule has 20 heavy (non-hydrogen) atoms. The van der Waals surface area contributed by atoms with Crippen LogP contribution in [0.2, 0.25) is 0 Å². The van der Waals surface area contributed by atoms with Crippen molar-refractivity contribution in [3.05, 3.63) is 76.2 Å². The van der Waals surface area contributed by atoms with Gasteiger partial charge in [-0.25, -0.2) is 0 Å². The van der Waals surface area contributed by atoms with E-state index in [1.165, 1.54) is 5.56 Å². The van der Waals surface area contributed by atoms with E-state index in [0.717, 1.165) is 16.7 Å². The number of pyridine rings is 1. The molecule has 3 heteroatoms. The summed E-state index contributed by atoms with van der Waals surface area (Å²) in [4.78, 5) is 14.3. The molecule has 0 saturated carbocycles. The summed E-state index contributed by atoms with van der Waals surface area (Å²) in [5.74, 6) is 0.767. The van der Waals surface area contributed by atoms with Crippen molar-refractivity contribution in [3.8, 4) is 5.75 Å². The number of aromatic amines is 1. The van der Waals surface area contributed by atoms with E-state index in [1.807, 2.05) is 18.2 Å². The van der Waals surface area contributed by atoms with Crippen LogP contribution in [0.15, 0.2) is 59.5 Å². The van der Waals surface area contributed by atoms with E-state index < -0.39 is 0 Å². The molecule has 0 unspecified atom stereocenters. The number of hydrogen-bond acceptors (Lipinski definition) is 2. The average molecular weight is 265 g/mol. The van der Waals surface area contributed by atoms with Crippen molar-refractivity contribution < 1.29 is 4.74 Å². The van der Waals surface area contributed by atoms with Crippen LogP contribution >= 0.6 is 0 Å². The molecule has 3 nitrogen and oxygen atoms in total. The van der Waals surface area contributed by atoms with Crippen molar-refractivity contribution in [3.63, 3.8) is 0 Å². The fraction of sp³-hybridized carbons (Fsp3) is 0.118. The van der Waals surface area contributed by atoms with Crippen molar-refractivity contribution >= 4 is 10.8 Å². The van der Waals surface area contributed by atoms with Crippen molar-refractivity contribution in [2.45, 2.75) is 13.5 Å². The number of nitrogens with one attached hydrogen (secondary N) is 1. The second-order valence-electron chi connectivity index (χ2n) is 4.83. The fourth-order valence-electron chi connectivity index (χ4n) is 2.11. The monoisotopic (exact) mass is 265 g/mol. The molecule has 1 aromatic heterocycles. The zero-order chi connectivity index (χ0) is 13.9. The lowest BCUT2D eigenvalue weighted by molar-refractivity contribution is 0.306. The maximum Gasteiger partial charge on any atom is 0.255 e. The maximum atomic E-state index is 11.6. The van der Waals surface area contributed by atoms with Gasteiger partial charge >= 0.3 is 0 Å². The van der Waals surface area contributed by atoms with E-state index in [-0.39, 0.29) is 5.56 Å². The van der Waals surface area contributed by atoms with Crippen LogP contribution in [0.1, 0.15) is 11.1 Å². The Labute approximate surface area is 116 Å². The summed E-state index contributed by atoms with van der Waals surface area (Å²) < 4.78 is 5.77. The number of aromatic nitrogens is 1. The summed E-state index contributed by atoms with van der Waals surface area (Å²) in [7, 11) is 0. The third kappa shape index (κ3) is 2.57. The first kappa shape index (κ1) is 12.5. The van der Waals surface area contributed by atoms with Crippen molar-refractivity contribution in [1.82, 2.24) is 4.98 Å². The van der Waals surface area contributed by atoms with Gasteiger partial charge < -0.3 is 9.72 Å². The minimum absolute atomic E-state index is 0.0763. The Kier molecular flexibility index (Phi) is 3.25. The van der Waals surface area contributed by atoms with Crippen LogP contribution in [0, 0.1) is 6.92 Å². The molecule has 0 aliphatic heterocycles. The van der Waals surface area contributed by atoms with Gasteiger partial charge in [-0.05, 0) is 42.1 Å². The highest BCUT2D eigenvalue weighted by Gasteiger charge is 2.01. The lowest BCUT2D eigenvalue weighted by atomic mass is 10.1. The Hall–Kier alpha value is -2.55. The summed E-state index contributed by atoms with van der Waals surface area (Å²) in [6.07, 6.45) is 1.65. The van der Waals surface area contributed by atoms with Gasteiger partial charge in [0.1, 0.15) is 12.4 Å². The van der Waals surface area contributed by atoms with E-state index >= 15 is 0 Å². The van der Waals surface area contributed by atoms with Gasteiger partial charge in [-0.1, -0.05) is 29.8 Å². The standard InChI is InChI=1S/C17H15NO2/c1-12-2-4-13(5-3-12)11-20-15-6-7-16-14(10-15)8-9-18-17(16)19/h2-10H,11H2,1H3,(H,18,19). The molecule has 1 heterocycles. The van der Waals surface area contributed by atoms with Crippen LogP contribution in [-0.2, 0) is 6.61 Å². The smallest absolute Gasteiger partial charge is 0.255 e. The van der Waals surface area contributed by atoms with E-state index in [0.29, 0.717) is 12.0 Å². The lowest BCUT2D eigenvalue weighted by Gasteiger charge is -2.07. The Bertz CT molecular complexity index is 788. The summed E-state index contributed by atoms with van der Waals surface area (Å²) in [6.45, 7) is 2.58. The van der Waals surface area contributed by atoms with Gasteiger partial charge in [-0.15, -0.1) is 0 Å². The molecule has 0 fully saturated rings. The van der Waals surface area contributed by atoms with Gasteiger partial charge in [0.15, 0.2) is 0 Å². The maximum absolute atomic E-state index is 11.6. The van der Waals surface area contributed by atoms with Gasteiger partial charge in [0.25, 0.3) is 5.56 Å². The SMILES string of the molecule is Cc1ccc(COc2ccc3c(=O)[nH]ccc3c2)cc1. The minimum Gasteiger partial charge on any atom is -0.489 e. The number of H-pyrrole nitrogens is 1. The molecule has 3 rings (SSSR count).